The van der Waals surface area contributed by atoms with Crippen LogP contribution in [0.1, 0.15) is 16.4 Å². The summed E-state index contributed by atoms with van der Waals surface area (Å²) in [4.78, 5) is 19.0. The van der Waals surface area contributed by atoms with Gasteiger partial charge in [-0.1, -0.05) is 12.1 Å². The van der Waals surface area contributed by atoms with Crippen LogP contribution in [0.2, 0.25) is 0 Å². The zero-order valence-corrected chi connectivity index (χ0v) is 9.51. The SMILES string of the molecule is O=C(NCc1ccco1)c1nc2ccccc2[nH]1. The van der Waals surface area contributed by atoms with Crippen LogP contribution in [-0.4, -0.2) is 15.9 Å². The van der Waals surface area contributed by atoms with Crippen LogP contribution in [0.3, 0.4) is 0 Å². The molecule has 0 aliphatic carbocycles. The first kappa shape index (κ1) is 10.6. The number of nitrogens with one attached hydrogen (secondary N) is 2. The summed E-state index contributed by atoms with van der Waals surface area (Å²) in [5.41, 5.74) is 1.63. The molecular formula is C13H11N3O2. The molecule has 0 aliphatic heterocycles. The molecule has 90 valence electrons. The summed E-state index contributed by atoms with van der Waals surface area (Å²) in [7, 11) is 0. The van der Waals surface area contributed by atoms with E-state index in [1.807, 2.05) is 24.3 Å². The summed E-state index contributed by atoms with van der Waals surface area (Å²) in [6.45, 7) is 0.350. The van der Waals surface area contributed by atoms with E-state index < -0.39 is 0 Å². The van der Waals surface area contributed by atoms with E-state index in [-0.39, 0.29) is 5.91 Å². The minimum absolute atomic E-state index is 0.248. The van der Waals surface area contributed by atoms with Gasteiger partial charge in [0.2, 0.25) is 0 Å². The number of hydrogen-bond acceptors (Lipinski definition) is 3. The van der Waals surface area contributed by atoms with Gasteiger partial charge in [0.15, 0.2) is 5.82 Å². The first-order chi connectivity index (χ1) is 8.83. The number of carbonyl (C=O) groups is 1. The van der Waals surface area contributed by atoms with Crippen LogP contribution in [0, 0.1) is 0 Å². The molecule has 0 aliphatic rings. The van der Waals surface area contributed by atoms with Gasteiger partial charge in [0.25, 0.3) is 5.91 Å². The van der Waals surface area contributed by atoms with Crippen molar-refractivity contribution in [2.45, 2.75) is 6.54 Å². The predicted octanol–water partition coefficient (Wildman–Crippen LogP) is 2.09. The lowest BCUT2D eigenvalue weighted by Crippen LogP contribution is -2.23. The maximum atomic E-state index is 11.9. The number of fused-ring (bicyclic) bond motifs is 1. The van der Waals surface area contributed by atoms with Crippen molar-refractivity contribution in [1.29, 1.82) is 0 Å². The second kappa shape index (κ2) is 4.37. The molecule has 0 saturated carbocycles. The van der Waals surface area contributed by atoms with Crippen LogP contribution in [0.4, 0.5) is 0 Å². The number of rotatable bonds is 3. The van der Waals surface area contributed by atoms with E-state index in [0.717, 1.165) is 11.0 Å². The summed E-state index contributed by atoms with van der Waals surface area (Å²) in [6.07, 6.45) is 1.57. The third-order valence-electron chi connectivity index (χ3n) is 2.61. The number of nitrogens with zero attached hydrogens (tertiary/aromatic N) is 1. The average molecular weight is 241 g/mol. The Kier molecular flexibility index (Phi) is 2.57. The van der Waals surface area contributed by atoms with E-state index >= 15 is 0 Å². The molecule has 3 rings (SSSR count). The number of furan rings is 1. The van der Waals surface area contributed by atoms with E-state index in [1.165, 1.54) is 0 Å². The van der Waals surface area contributed by atoms with Crippen molar-refractivity contribution in [3.63, 3.8) is 0 Å². The third kappa shape index (κ3) is 1.98. The molecule has 0 radical (unpaired) electrons. The fraction of sp³-hybridized carbons (Fsp3) is 0.0769. The Hall–Kier alpha value is -2.56. The van der Waals surface area contributed by atoms with Crippen LogP contribution in [0.5, 0.6) is 0 Å². The molecule has 0 fully saturated rings. The monoisotopic (exact) mass is 241 g/mol. The molecule has 3 aromatic rings. The number of amides is 1. The quantitative estimate of drug-likeness (QED) is 0.737. The second-order valence-corrected chi connectivity index (χ2v) is 3.86. The van der Waals surface area contributed by atoms with E-state index in [4.69, 9.17) is 4.42 Å². The van der Waals surface area contributed by atoms with Crippen molar-refractivity contribution in [2.24, 2.45) is 0 Å². The molecule has 1 aromatic carbocycles. The maximum absolute atomic E-state index is 11.9. The molecule has 0 saturated heterocycles. The molecule has 2 aromatic heterocycles. The number of benzene rings is 1. The van der Waals surface area contributed by atoms with Gasteiger partial charge in [0.05, 0.1) is 23.8 Å². The highest BCUT2D eigenvalue weighted by molar-refractivity contribution is 5.94. The standard InChI is InChI=1S/C13H11N3O2/c17-13(14-8-9-4-3-7-18-9)12-15-10-5-1-2-6-11(10)16-12/h1-7H,8H2,(H,14,17)(H,15,16). The molecule has 0 unspecified atom stereocenters. The molecule has 0 atom stereocenters. The Morgan fingerprint density at radius 2 is 2.17 bits per heavy atom. The lowest BCUT2D eigenvalue weighted by atomic mass is 10.3. The van der Waals surface area contributed by atoms with Gasteiger partial charge in [-0.3, -0.25) is 4.79 Å². The molecule has 5 nitrogen and oxygen atoms in total. The minimum atomic E-state index is -0.248. The highest BCUT2D eigenvalue weighted by Crippen LogP contribution is 2.10. The van der Waals surface area contributed by atoms with Crippen molar-refractivity contribution in [2.75, 3.05) is 0 Å². The summed E-state index contributed by atoms with van der Waals surface area (Å²) in [5, 5.41) is 2.74. The Bertz CT molecular complexity index is 637. The number of imidazole rings is 1. The summed E-state index contributed by atoms with van der Waals surface area (Å²) in [5.74, 6) is 0.768. The second-order valence-electron chi connectivity index (χ2n) is 3.86. The maximum Gasteiger partial charge on any atom is 0.287 e. The predicted molar refractivity (Wildman–Crippen MR) is 66.0 cm³/mol. The Labute approximate surface area is 103 Å². The third-order valence-corrected chi connectivity index (χ3v) is 2.61. The minimum Gasteiger partial charge on any atom is -0.467 e. The van der Waals surface area contributed by atoms with Crippen LogP contribution >= 0.6 is 0 Å². The lowest BCUT2D eigenvalue weighted by Gasteiger charge is -1.99. The Morgan fingerprint density at radius 3 is 2.94 bits per heavy atom. The lowest BCUT2D eigenvalue weighted by molar-refractivity contribution is 0.0939. The number of carbonyl (C=O) groups excluding carboxylic acids is 1. The molecular weight excluding hydrogens is 230 g/mol. The van der Waals surface area contributed by atoms with E-state index in [0.29, 0.717) is 18.1 Å². The summed E-state index contributed by atoms with van der Waals surface area (Å²) in [6, 6.07) is 11.1. The number of para-hydroxylation sites is 2. The van der Waals surface area contributed by atoms with Crippen molar-refractivity contribution in [3.05, 3.63) is 54.2 Å². The molecule has 0 spiro atoms. The highest BCUT2D eigenvalue weighted by Gasteiger charge is 2.10. The van der Waals surface area contributed by atoms with Gasteiger partial charge < -0.3 is 14.7 Å². The average Bonchev–Trinajstić information content (AvgIpc) is 3.04. The van der Waals surface area contributed by atoms with Gasteiger partial charge >= 0.3 is 0 Å². The first-order valence-corrected chi connectivity index (χ1v) is 5.58. The number of hydrogen-bond donors (Lipinski definition) is 2. The molecule has 2 N–H and O–H groups in total. The fourth-order valence-corrected chi connectivity index (χ4v) is 1.72. The topological polar surface area (TPSA) is 70.9 Å². The van der Waals surface area contributed by atoms with Crippen LogP contribution in [0.15, 0.2) is 47.1 Å². The summed E-state index contributed by atoms with van der Waals surface area (Å²) < 4.78 is 5.13. The van der Waals surface area contributed by atoms with Gasteiger partial charge in [0, 0.05) is 0 Å². The molecule has 5 heteroatoms. The van der Waals surface area contributed by atoms with Gasteiger partial charge in [-0.15, -0.1) is 0 Å². The number of aromatic amines is 1. The Balaban J connectivity index is 1.75. The van der Waals surface area contributed by atoms with Crippen molar-refractivity contribution >= 4 is 16.9 Å². The van der Waals surface area contributed by atoms with E-state index in [1.54, 1.807) is 18.4 Å². The van der Waals surface area contributed by atoms with Gasteiger partial charge in [-0.25, -0.2) is 4.98 Å². The van der Waals surface area contributed by atoms with Crippen molar-refractivity contribution in [1.82, 2.24) is 15.3 Å². The Morgan fingerprint density at radius 1 is 1.28 bits per heavy atom. The highest BCUT2D eigenvalue weighted by atomic mass is 16.3. The fourth-order valence-electron chi connectivity index (χ4n) is 1.72. The van der Waals surface area contributed by atoms with Crippen molar-refractivity contribution in [3.8, 4) is 0 Å². The molecule has 1 amide bonds. The van der Waals surface area contributed by atoms with Crippen LogP contribution < -0.4 is 5.32 Å². The number of H-pyrrole nitrogens is 1. The van der Waals surface area contributed by atoms with Crippen LogP contribution in [0.25, 0.3) is 11.0 Å². The van der Waals surface area contributed by atoms with Gasteiger partial charge in [-0.2, -0.15) is 0 Å². The first-order valence-electron chi connectivity index (χ1n) is 5.58. The number of aromatic nitrogens is 2. The van der Waals surface area contributed by atoms with Gasteiger partial charge in [-0.05, 0) is 24.3 Å². The van der Waals surface area contributed by atoms with Crippen molar-refractivity contribution < 1.29 is 9.21 Å². The summed E-state index contributed by atoms with van der Waals surface area (Å²) >= 11 is 0. The van der Waals surface area contributed by atoms with Gasteiger partial charge in [0.1, 0.15) is 5.76 Å². The largest absolute Gasteiger partial charge is 0.467 e. The van der Waals surface area contributed by atoms with Crippen LogP contribution in [-0.2, 0) is 6.54 Å². The zero-order valence-electron chi connectivity index (χ0n) is 9.51. The molecule has 18 heavy (non-hydrogen) atoms. The zero-order chi connectivity index (χ0) is 12.4. The van der Waals surface area contributed by atoms with E-state index in [2.05, 4.69) is 15.3 Å². The molecule has 0 bridgehead atoms. The van der Waals surface area contributed by atoms with E-state index in [9.17, 15) is 4.79 Å². The smallest absolute Gasteiger partial charge is 0.287 e. The molecule has 2 heterocycles. The normalized spacial score (nSPS) is 10.7.